The van der Waals surface area contributed by atoms with Crippen molar-refractivity contribution < 1.29 is 29.3 Å². The summed E-state index contributed by atoms with van der Waals surface area (Å²) in [5.74, 6) is -2.08. The molecule has 0 radical (unpaired) electrons. The number of fused-ring (bicyclic) bond motifs is 1. The summed E-state index contributed by atoms with van der Waals surface area (Å²) in [4.78, 5) is 39.9. The smallest absolute Gasteiger partial charge is 0.335 e. The summed E-state index contributed by atoms with van der Waals surface area (Å²) in [7, 11) is 1.82. The number of piperazine rings is 1. The summed E-state index contributed by atoms with van der Waals surface area (Å²) in [5, 5.41) is 23.0. The second-order valence-electron chi connectivity index (χ2n) is 8.72. The van der Waals surface area contributed by atoms with Crippen molar-refractivity contribution in [3.63, 3.8) is 0 Å². The van der Waals surface area contributed by atoms with E-state index in [1.165, 1.54) is 12.1 Å². The Bertz CT molecular complexity index is 1040. The van der Waals surface area contributed by atoms with E-state index >= 15 is 0 Å². The first kappa shape index (κ1) is 23.2. The predicted molar refractivity (Wildman–Crippen MR) is 120 cm³/mol. The Morgan fingerprint density at radius 2 is 1.94 bits per heavy atom. The first-order chi connectivity index (χ1) is 15.8. The van der Waals surface area contributed by atoms with Crippen LogP contribution in [-0.2, 0) is 21.4 Å². The van der Waals surface area contributed by atoms with Gasteiger partial charge in [-0.05, 0) is 31.0 Å². The van der Waals surface area contributed by atoms with E-state index in [-0.39, 0.29) is 24.1 Å². The highest BCUT2D eigenvalue weighted by atomic mass is 16.5. The van der Waals surface area contributed by atoms with Crippen molar-refractivity contribution in [2.75, 3.05) is 45.9 Å². The number of hydrogen-bond acceptors (Lipinski definition) is 6. The van der Waals surface area contributed by atoms with Crippen LogP contribution in [0.1, 0.15) is 34.8 Å². The van der Waals surface area contributed by atoms with Crippen LogP contribution in [0.25, 0.3) is 10.9 Å². The number of amides is 1. The number of nitrogens with zero attached hydrogens (tertiary/aromatic N) is 3. The molecule has 10 heteroatoms. The number of aromatic carboxylic acids is 1. The van der Waals surface area contributed by atoms with E-state index in [0.717, 1.165) is 25.0 Å². The average molecular weight is 459 g/mol. The molecule has 2 fully saturated rings. The molecule has 1 aromatic carbocycles. The standard InChI is InChI=1S/C23H30N4O6/c1-25-13-18(17-11-15(22(29)30)4-5-19(17)25)21(23(31)32)27-8-6-26(7-9-27)14-20(28)24-12-16-3-2-10-33-16/h4-5,11,13,16,21H,2-3,6-10,12,14H2,1H3,(H,24,28)(H,29,30)(H,31,32)/t16-,21-/m1/s1. The van der Waals surface area contributed by atoms with Crippen LogP contribution in [0.3, 0.4) is 0 Å². The van der Waals surface area contributed by atoms with Gasteiger partial charge in [0.25, 0.3) is 0 Å². The third-order valence-corrected chi connectivity index (χ3v) is 6.49. The van der Waals surface area contributed by atoms with Crippen molar-refractivity contribution in [3.8, 4) is 0 Å². The number of carboxylic acids is 2. The molecule has 3 heterocycles. The minimum absolute atomic E-state index is 0.0519. The second kappa shape index (κ2) is 9.90. The molecule has 0 bridgehead atoms. The lowest BCUT2D eigenvalue weighted by molar-refractivity contribution is -0.144. The number of rotatable bonds is 8. The van der Waals surface area contributed by atoms with E-state index < -0.39 is 18.0 Å². The fourth-order valence-electron chi connectivity index (χ4n) is 4.73. The summed E-state index contributed by atoms with van der Waals surface area (Å²) in [5.41, 5.74) is 1.48. The van der Waals surface area contributed by atoms with Gasteiger partial charge in [0, 0.05) is 69.0 Å². The Morgan fingerprint density at radius 1 is 1.18 bits per heavy atom. The molecule has 2 aliphatic heterocycles. The number of carboxylic acid groups (broad SMARTS) is 2. The van der Waals surface area contributed by atoms with Crippen LogP contribution >= 0.6 is 0 Å². The van der Waals surface area contributed by atoms with Gasteiger partial charge >= 0.3 is 11.9 Å². The lowest BCUT2D eigenvalue weighted by Crippen LogP contribution is -2.51. The molecule has 2 aliphatic rings. The number of aryl methyl sites for hydroxylation is 1. The molecule has 0 spiro atoms. The van der Waals surface area contributed by atoms with Crippen LogP contribution in [0, 0.1) is 0 Å². The number of carbonyl (C=O) groups is 3. The number of ether oxygens (including phenoxy) is 1. The van der Waals surface area contributed by atoms with Gasteiger partial charge in [-0.15, -0.1) is 0 Å². The molecule has 0 aliphatic carbocycles. The molecule has 4 rings (SSSR count). The summed E-state index contributed by atoms with van der Waals surface area (Å²) in [6.07, 6.45) is 3.86. The molecule has 2 atom stereocenters. The Labute approximate surface area is 191 Å². The zero-order valence-corrected chi connectivity index (χ0v) is 18.7. The molecule has 0 unspecified atom stereocenters. The van der Waals surface area contributed by atoms with Crippen molar-refractivity contribution in [3.05, 3.63) is 35.5 Å². The molecule has 178 valence electrons. The van der Waals surface area contributed by atoms with Crippen molar-refractivity contribution in [1.29, 1.82) is 0 Å². The van der Waals surface area contributed by atoms with Crippen LogP contribution in [0.15, 0.2) is 24.4 Å². The Hall–Kier alpha value is -2.95. The van der Waals surface area contributed by atoms with E-state index in [4.69, 9.17) is 4.74 Å². The second-order valence-corrected chi connectivity index (χ2v) is 8.72. The maximum Gasteiger partial charge on any atom is 0.335 e. The molecule has 1 aromatic heterocycles. The van der Waals surface area contributed by atoms with Crippen LogP contribution in [-0.4, -0.2) is 94.4 Å². The summed E-state index contributed by atoms with van der Waals surface area (Å²) in [6.45, 7) is 3.68. The molecule has 3 N–H and O–H groups in total. The molecular formula is C23H30N4O6. The average Bonchev–Trinajstić information content (AvgIpc) is 3.41. The minimum Gasteiger partial charge on any atom is -0.480 e. The number of aliphatic carboxylic acids is 1. The molecular weight excluding hydrogens is 428 g/mol. The highest BCUT2D eigenvalue weighted by molar-refractivity contribution is 5.96. The lowest BCUT2D eigenvalue weighted by atomic mass is 10.0. The minimum atomic E-state index is -1.05. The number of hydrogen-bond donors (Lipinski definition) is 3. The maximum atomic E-state index is 12.3. The van der Waals surface area contributed by atoms with E-state index in [2.05, 4.69) is 5.32 Å². The van der Waals surface area contributed by atoms with Crippen LogP contribution in [0.4, 0.5) is 0 Å². The quantitative estimate of drug-likeness (QED) is 0.533. The predicted octanol–water partition coefficient (Wildman–Crippen LogP) is 0.915. The van der Waals surface area contributed by atoms with Crippen LogP contribution in [0.2, 0.25) is 0 Å². The first-order valence-corrected chi connectivity index (χ1v) is 11.2. The van der Waals surface area contributed by atoms with E-state index in [1.807, 2.05) is 21.4 Å². The van der Waals surface area contributed by atoms with Gasteiger partial charge in [-0.2, -0.15) is 0 Å². The summed E-state index contributed by atoms with van der Waals surface area (Å²) >= 11 is 0. The number of benzene rings is 1. The van der Waals surface area contributed by atoms with E-state index in [1.54, 1.807) is 12.3 Å². The van der Waals surface area contributed by atoms with Gasteiger partial charge in [0.2, 0.25) is 5.91 Å². The van der Waals surface area contributed by atoms with Crippen molar-refractivity contribution >= 4 is 28.7 Å². The van der Waals surface area contributed by atoms with Crippen molar-refractivity contribution in [1.82, 2.24) is 19.7 Å². The molecule has 0 saturated carbocycles. The molecule has 1 amide bonds. The van der Waals surface area contributed by atoms with Gasteiger partial charge in [0.1, 0.15) is 6.04 Å². The first-order valence-electron chi connectivity index (χ1n) is 11.2. The normalized spacial score (nSPS) is 20.7. The maximum absolute atomic E-state index is 12.3. The third kappa shape index (κ3) is 5.18. The SMILES string of the molecule is Cn1cc([C@H](C(=O)O)N2CCN(CC(=O)NC[C@H]3CCCO3)CC2)c2cc(C(=O)O)ccc21. The summed E-state index contributed by atoms with van der Waals surface area (Å²) < 4.78 is 7.35. The van der Waals surface area contributed by atoms with Crippen LogP contribution in [0.5, 0.6) is 0 Å². The fraction of sp³-hybridized carbons (Fsp3) is 0.522. The zero-order valence-electron chi connectivity index (χ0n) is 18.7. The number of nitrogens with one attached hydrogen (secondary N) is 1. The van der Waals surface area contributed by atoms with Crippen LogP contribution < -0.4 is 5.32 Å². The third-order valence-electron chi connectivity index (χ3n) is 6.49. The molecule has 10 nitrogen and oxygen atoms in total. The zero-order chi connectivity index (χ0) is 23.5. The van der Waals surface area contributed by atoms with Gasteiger partial charge in [-0.1, -0.05) is 0 Å². The molecule has 2 saturated heterocycles. The highest BCUT2D eigenvalue weighted by Crippen LogP contribution is 2.31. The molecule has 2 aromatic rings. The number of carbonyl (C=O) groups excluding carboxylic acids is 1. The monoisotopic (exact) mass is 458 g/mol. The van der Waals surface area contributed by atoms with Crippen molar-refractivity contribution in [2.45, 2.75) is 25.0 Å². The van der Waals surface area contributed by atoms with E-state index in [9.17, 15) is 24.6 Å². The van der Waals surface area contributed by atoms with Gasteiger partial charge in [0.15, 0.2) is 0 Å². The Morgan fingerprint density at radius 3 is 2.58 bits per heavy atom. The van der Waals surface area contributed by atoms with Gasteiger partial charge in [0.05, 0.1) is 18.2 Å². The fourth-order valence-corrected chi connectivity index (χ4v) is 4.73. The lowest BCUT2D eigenvalue weighted by Gasteiger charge is -2.37. The molecule has 33 heavy (non-hydrogen) atoms. The highest BCUT2D eigenvalue weighted by Gasteiger charge is 2.33. The van der Waals surface area contributed by atoms with E-state index in [0.29, 0.717) is 43.7 Å². The van der Waals surface area contributed by atoms with Crippen molar-refractivity contribution in [2.24, 2.45) is 7.05 Å². The topological polar surface area (TPSA) is 124 Å². The Balaban J connectivity index is 1.42. The summed E-state index contributed by atoms with van der Waals surface area (Å²) in [6, 6.07) is 3.87. The van der Waals surface area contributed by atoms with Gasteiger partial charge < -0.3 is 24.8 Å². The largest absolute Gasteiger partial charge is 0.480 e. The van der Waals surface area contributed by atoms with Gasteiger partial charge in [-0.3, -0.25) is 19.4 Å². The van der Waals surface area contributed by atoms with Gasteiger partial charge in [-0.25, -0.2) is 4.79 Å². The Kier molecular flexibility index (Phi) is 6.96. The number of aromatic nitrogens is 1.